The molecule has 3 N–H and O–H groups in total. The number of benzene rings is 2. The molecule has 2 rings (SSSR count). The van der Waals surface area contributed by atoms with Crippen molar-refractivity contribution in [1.82, 2.24) is 0 Å². The molecule has 0 fully saturated rings. The summed E-state index contributed by atoms with van der Waals surface area (Å²) in [5, 5.41) is 4.02. The quantitative estimate of drug-likeness (QED) is 0.823. The van der Waals surface area contributed by atoms with E-state index >= 15 is 0 Å². The number of hydrogen-bond acceptors (Lipinski definition) is 3. The van der Waals surface area contributed by atoms with Crippen molar-refractivity contribution in [2.24, 2.45) is 0 Å². The lowest BCUT2D eigenvalue weighted by molar-refractivity contribution is 0.415. The number of nitrogens with one attached hydrogen (secondary N) is 1. The molecule has 2 aromatic carbocycles. The number of methoxy groups -OCH3 is 1. The first-order chi connectivity index (χ1) is 8.60. The second-order valence-electron chi connectivity index (χ2n) is 4.03. The SMILES string of the molecule is COc1cc(N)cc(Nc2cccc(Cl)c2C)c1. The third kappa shape index (κ3) is 2.68. The van der Waals surface area contributed by atoms with Crippen molar-refractivity contribution in [2.45, 2.75) is 6.92 Å². The normalized spacial score (nSPS) is 10.2. The van der Waals surface area contributed by atoms with Crippen LogP contribution in [0.15, 0.2) is 36.4 Å². The zero-order valence-corrected chi connectivity index (χ0v) is 11.1. The Hall–Kier alpha value is -1.87. The van der Waals surface area contributed by atoms with Crippen LogP contribution in [0.1, 0.15) is 5.56 Å². The third-order valence-electron chi connectivity index (χ3n) is 2.71. The summed E-state index contributed by atoms with van der Waals surface area (Å²) < 4.78 is 5.18. The molecule has 0 bridgehead atoms. The van der Waals surface area contributed by atoms with Gasteiger partial charge in [-0.1, -0.05) is 17.7 Å². The van der Waals surface area contributed by atoms with Gasteiger partial charge in [0.15, 0.2) is 0 Å². The first-order valence-electron chi connectivity index (χ1n) is 5.57. The molecule has 0 aliphatic carbocycles. The minimum absolute atomic E-state index is 0.650. The average Bonchev–Trinajstić information content (AvgIpc) is 2.34. The largest absolute Gasteiger partial charge is 0.497 e. The first-order valence-corrected chi connectivity index (χ1v) is 5.94. The molecule has 0 saturated heterocycles. The molecule has 0 unspecified atom stereocenters. The molecule has 0 spiro atoms. The number of anilines is 3. The molecule has 2 aromatic rings. The van der Waals surface area contributed by atoms with Gasteiger partial charge in [-0.3, -0.25) is 0 Å². The van der Waals surface area contributed by atoms with Crippen molar-refractivity contribution in [1.29, 1.82) is 0 Å². The first kappa shape index (κ1) is 12.6. The zero-order chi connectivity index (χ0) is 13.1. The van der Waals surface area contributed by atoms with Crippen LogP contribution >= 0.6 is 11.6 Å². The van der Waals surface area contributed by atoms with Crippen molar-refractivity contribution < 1.29 is 4.74 Å². The molecule has 0 saturated carbocycles. The lowest BCUT2D eigenvalue weighted by Gasteiger charge is -2.12. The molecule has 0 heterocycles. The van der Waals surface area contributed by atoms with E-state index in [4.69, 9.17) is 22.1 Å². The van der Waals surface area contributed by atoms with Gasteiger partial charge in [0.25, 0.3) is 0 Å². The number of rotatable bonds is 3. The highest BCUT2D eigenvalue weighted by Gasteiger charge is 2.04. The van der Waals surface area contributed by atoms with Gasteiger partial charge in [0.1, 0.15) is 5.75 Å². The highest BCUT2D eigenvalue weighted by atomic mass is 35.5. The molecule has 0 aliphatic rings. The van der Waals surface area contributed by atoms with Crippen molar-refractivity contribution in [3.63, 3.8) is 0 Å². The van der Waals surface area contributed by atoms with Crippen LogP contribution < -0.4 is 15.8 Å². The molecule has 94 valence electrons. The Kier molecular flexibility index (Phi) is 3.63. The van der Waals surface area contributed by atoms with Crippen molar-refractivity contribution in [3.05, 3.63) is 47.0 Å². The molecule has 0 aromatic heterocycles. The van der Waals surface area contributed by atoms with Crippen LogP contribution in [-0.2, 0) is 0 Å². The monoisotopic (exact) mass is 262 g/mol. The van der Waals surface area contributed by atoms with Crippen molar-refractivity contribution in [2.75, 3.05) is 18.2 Å². The summed E-state index contributed by atoms with van der Waals surface area (Å²) in [4.78, 5) is 0. The number of halogens is 1. The fourth-order valence-electron chi connectivity index (χ4n) is 1.71. The molecular weight excluding hydrogens is 248 g/mol. The summed E-state index contributed by atoms with van der Waals surface area (Å²) in [7, 11) is 1.61. The van der Waals surface area contributed by atoms with Gasteiger partial charge in [-0.2, -0.15) is 0 Å². The smallest absolute Gasteiger partial charge is 0.122 e. The molecule has 4 heteroatoms. The fourth-order valence-corrected chi connectivity index (χ4v) is 1.89. The maximum absolute atomic E-state index is 6.08. The van der Waals surface area contributed by atoms with E-state index in [-0.39, 0.29) is 0 Å². The van der Waals surface area contributed by atoms with E-state index in [1.807, 2.05) is 37.3 Å². The van der Waals surface area contributed by atoms with E-state index in [2.05, 4.69) is 5.32 Å². The van der Waals surface area contributed by atoms with E-state index in [0.717, 1.165) is 27.7 Å². The minimum Gasteiger partial charge on any atom is -0.497 e. The summed E-state index contributed by atoms with van der Waals surface area (Å²) in [5.74, 6) is 0.720. The molecule has 3 nitrogen and oxygen atoms in total. The topological polar surface area (TPSA) is 47.3 Å². The Morgan fingerprint density at radius 3 is 2.72 bits per heavy atom. The van der Waals surface area contributed by atoms with E-state index < -0.39 is 0 Å². The third-order valence-corrected chi connectivity index (χ3v) is 3.12. The van der Waals surface area contributed by atoms with Crippen LogP contribution in [-0.4, -0.2) is 7.11 Å². The maximum atomic E-state index is 6.08. The van der Waals surface area contributed by atoms with Gasteiger partial charge in [-0.15, -0.1) is 0 Å². The Labute approximate surface area is 112 Å². The second kappa shape index (κ2) is 5.19. The van der Waals surface area contributed by atoms with Gasteiger partial charge in [0.05, 0.1) is 7.11 Å². The predicted octanol–water partition coefficient (Wildman–Crippen LogP) is 3.98. The van der Waals surface area contributed by atoms with Crippen LogP contribution in [0, 0.1) is 6.92 Å². The van der Waals surface area contributed by atoms with E-state index in [0.29, 0.717) is 5.69 Å². The van der Waals surface area contributed by atoms with Crippen LogP contribution in [0.5, 0.6) is 5.75 Å². The van der Waals surface area contributed by atoms with Crippen LogP contribution in [0.3, 0.4) is 0 Å². The van der Waals surface area contributed by atoms with Crippen LogP contribution in [0.2, 0.25) is 5.02 Å². The van der Waals surface area contributed by atoms with Gasteiger partial charge >= 0.3 is 0 Å². The van der Waals surface area contributed by atoms with Crippen LogP contribution in [0.4, 0.5) is 17.1 Å². The summed E-state index contributed by atoms with van der Waals surface area (Å²) in [5.41, 5.74) is 9.29. The second-order valence-corrected chi connectivity index (χ2v) is 4.44. The lowest BCUT2D eigenvalue weighted by Crippen LogP contribution is -1.96. The van der Waals surface area contributed by atoms with Gasteiger partial charge in [-0.25, -0.2) is 0 Å². The summed E-state index contributed by atoms with van der Waals surface area (Å²) in [6.45, 7) is 1.97. The number of hydrogen-bond donors (Lipinski definition) is 2. The van der Waals surface area contributed by atoms with Gasteiger partial charge in [0.2, 0.25) is 0 Å². The number of nitrogens with two attached hydrogens (primary N) is 1. The van der Waals surface area contributed by atoms with Gasteiger partial charge < -0.3 is 15.8 Å². The molecule has 18 heavy (non-hydrogen) atoms. The summed E-state index contributed by atoms with van der Waals surface area (Å²) in [6, 6.07) is 11.2. The molecular formula is C14H15ClN2O. The van der Waals surface area contributed by atoms with Crippen molar-refractivity contribution in [3.8, 4) is 5.75 Å². The summed E-state index contributed by atoms with van der Waals surface area (Å²) in [6.07, 6.45) is 0. The van der Waals surface area contributed by atoms with E-state index in [9.17, 15) is 0 Å². The summed E-state index contributed by atoms with van der Waals surface area (Å²) >= 11 is 6.08. The number of ether oxygens (including phenoxy) is 1. The zero-order valence-electron chi connectivity index (χ0n) is 10.3. The Balaban J connectivity index is 2.34. The van der Waals surface area contributed by atoms with E-state index in [1.165, 1.54) is 0 Å². The van der Waals surface area contributed by atoms with Crippen LogP contribution in [0.25, 0.3) is 0 Å². The van der Waals surface area contributed by atoms with E-state index in [1.54, 1.807) is 13.2 Å². The highest BCUT2D eigenvalue weighted by Crippen LogP contribution is 2.29. The standard InChI is InChI=1S/C14H15ClN2O/c1-9-13(15)4-3-5-14(9)17-11-6-10(16)7-12(8-11)18-2/h3-8,17H,16H2,1-2H3. The Bertz CT molecular complexity index is 570. The maximum Gasteiger partial charge on any atom is 0.122 e. The fraction of sp³-hybridized carbons (Fsp3) is 0.143. The molecule has 0 atom stereocenters. The van der Waals surface area contributed by atoms with Gasteiger partial charge in [0, 0.05) is 34.2 Å². The predicted molar refractivity (Wildman–Crippen MR) is 76.9 cm³/mol. The number of nitrogen functional groups attached to an aromatic ring is 1. The van der Waals surface area contributed by atoms with Crippen molar-refractivity contribution >= 4 is 28.7 Å². The lowest BCUT2D eigenvalue weighted by atomic mass is 10.2. The average molecular weight is 263 g/mol. The minimum atomic E-state index is 0.650. The molecule has 0 amide bonds. The molecule has 0 aliphatic heterocycles. The Morgan fingerprint density at radius 1 is 1.22 bits per heavy atom. The highest BCUT2D eigenvalue weighted by molar-refractivity contribution is 6.31. The Morgan fingerprint density at radius 2 is 2.00 bits per heavy atom. The molecule has 0 radical (unpaired) electrons. The van der Waals surface area contributed by atoms with Gasteiger partial charge in [-0.05, 0) is 30.7 Å².